The van der Waals surface area contributed by atoms with Crippen LogP contribution in [0.25, 0.3) is 0 Å². The van der Waals surface area contributed by atoms with Crippen LogP contribution in [0.15, 0.2) is 12.1 Å². The van der Waals surface area contributed by atoms with Crippen molar-refractivity contribution in [1.29, 1.82) is 0 Å². The zero-order chi connectivity index (χ0) is 12.0. The summed E-state index contributed by atoms with van der Waals surface area (Å²) < 4.78 is 4.93. The summed E-state index contributed by atoms with van der Waals surface area (Å²) in [5.41, 5.74) is 0.774. The van der Waals surface area contributed by atoms with E-state index in [1.165, 1.54) is 19.2 Å². The third-order valence-electron chi connectivity index (χ3n) is 1.90. The quantitative estimate of drug-likeness (QED) is 0.499. The molecule has 0 unspecified atom stereocenters. The van der Waals surface area contributed by atoms with Crippen LogP contribution in [0.1, 0.15) is 22.3 Å². The van der Waals surface area contributed by atoms with Gasteiger partial charge in [-0.05, 0) is 12.1 Å². The maximum Gasteiger partial charge on any atom is 0.173 e. The molecule has 84 valence electrons. The molecule has 0 bridgehead atoms. The number of aldehydes is 1. The van der Waals surface area contributed by atoms with E-state index in [1.54, 1.807) is 0 Å². The first-order chi connectivity index (χ1) is 7.72. The van der Waals surface area contributed by atoms with Gasteiger partial charge in [-0.3, -0.25) is 4.79 Å². The number of halogens is 1. The van der Waals surface area contributed by atoms with Crippen molar-refractivity contribution in [2.75, 3.05) is 13.0 Å². The molecule has 1 N–H and O–H groups in total. The van der Waals surface area contributed by atoms with Crippen LogP contribution < -0.4 is 4.74 Å². The zero-order valence-corrected chi connectivity index (χ0v) is 9.54. The number of rotatable bonds is 3. The van der Waals surface area contributed by atoms with Gasteiger partial charge in [0.1, 0.15) is 6.29 Å². The van der Waals surface area contributed by atoms with Crippen molar-refractivity contribution in [3.8, 4) is 23.3 Å². The Morgan fingerprint density at radius 3 is 2.88 bits per heavy atom. The Morgan fingerprint density at radius 2 is 2.31 bits per heavy atom. The molecule has 16 heavy (non-hydrogen) atoms. The number of methoxy groups -OCH3 is 1. The third-order valence-corrected chi connectivity index (χ3v) is 2.08. The van der Waals surface area contributed by atoms with Crippen LogP contribution in [-0.2, 0) is 0 Å². The van der Waals surface area contributed by atoms with Crippen LogP contribution >= 0.6 is 11.6 Å². The number of ether oxygens (including phenoxy) is 1. The fraction of sp³-hybridized carbons (Fsp3) is 0.250. The lowest BCUT2D eigenvalue weighted by Gasteiger charge is -2.05. The largest absolute Gasteiger partial charge is 0.503 e. The molecule has 0 aliphatic heterocycles. The summed E-state index contributed by atoms with van der Waals surface area (Å²) in [6, 6.07) is 2.96. The molecule has 0 aliphatic rings. The van der Waals surface area contributed by atoms with Gasteiger partial charge >= 0.3 is 0 Å². The van der Waals surface area contributed by atoms with Crippen LogP contribution in [0.3, 0.4) is 0 Å². The summed E-state index contributed by atoms with van der Waals surface area (Å²) in [6.45, 7) is 0. The number of phenolic OH excluding ortho intramolecular Hbond substituents is 1. The van der Waals surface area contributed by atoms with Crippen LogP contribution in [0, 0.1) is 11.8 Å². The number of phenols is 1. The Kier molecular flexibility index (Phi) is 4.68. The van der Waals surface area contributed by atoms with Gasteiger partial charge in [0.15, 0.2) is 11.5 Å². The second-order valence-corrected chi connectivity index (χ2v) is 3.36. The highest BCUT2D eigenvalue weighted by Crippen LogP contribution is 2.30. The second-order valence-electron chi connectivity index (χ2n) is 2.98. The average Bonchev–Trinajstić information content (AvgIpc) is 2.31. The topological polar surface area (TPSA) is 46.5 Å². The van der Waals surface area contributed by atoms with Crippen molar-refractivity contribution in [2.45, 2.75) is 6.42 Å². The molecule has 1 aromatic rings. The Hall–Kier alpha value is -1.66. The minimum Gasteiger partial charge on any atom is -0.503 e. The van der Waals surface area contributed by atoms with E-state index in [4.69, 9.17) is 16.3 Å². The highest BCUT2D eigenvalue weighted by molar-refractivity contribution is 6.18. The summed E-state index contributed by atoms with van der Waals surface area (Å²) >= 11 is 5.48. The van der Waals surface area contributed by atoms with Gasteiger partial charge in [0.2, 0.25) is 0 Å². The minimum atomic E-state index is -0.0600. The smallest absolute Gasteiger partial charge is 0.173 e. The molecule has 0 saturated carbocycles. The van der Waals surface area contributed by atoms with Gasteiger partial charge in [-0.25, -0.2) is 0 Å². The SMILES string of the molecule is COc1cc(C=O)cc(C#CCCCl)c1O. The molecule has 0 atom stereocenters. The number of hydrogen-bond acceptors (Lipinski definition) is 3. The van der Waals surface area contributed by atoms with Crippen molar-refractivity contribution in [3.05, 3.63) is 23.3 Å². The summed E-state index contributed by atoms with van der Waals surface area (Å²) in [4.78, 5) is 10.7. The number of benzene rings is 1. The van der Waals surface area contributed by atoms with E-state index < -0.39 is 0 Å². The lowest BCUT2D eigenvalue weighted by molar-refractivity contribution is 0.112. The summed E-state index contributed by atoms with van der Waals surface area (Å²) in [6.07, 6.45) is 1.20. The van der Waals surface area contributed by atoms with Crippen LogP contribution in [0.2, 0.25) is 0 Å². The van der Waals surface area contributed by atoms with Crippen LogP contribution in [0.4, 0.5) is 0 Å². The first-order valence-corrected chi connectivity index (χ1v) is 5.17. The molecular weight excluding hydrogens is 228 g/mol. The molecule has 1 rings (SSSR count). The Labute approximate surface area is 99.0 Å². The number of hydrogen-bond donors (Lipinski definition) is 1. The molecule has 4 heteroatoms. The standard InChI is InChI=1S/C12H11ClO3/c1-16-11-7-9(8-14)6-10(12(11)15)4-2-3-5-13/h6-8,15H,3,5H2,1H3. The van der Waals surface area contributed by atoms with Gasteiger partial charge in [-0.2, -0.15) is 0 Å². The number of carbonyl (C=O) groups excluding carboxylic acids is 1. The van der Waals surface area contributed by atoms with E-state index in [-0.39, 0.29) is 11.5 Å². The van der Waals surface area contributed by atoms with E-state index in [0.717, 1.165) is 0 Å². The summed E-state index contributed by atoms with van der Waals surface area (Å²) in [5.74, 6) is 6.13. The van der Waals surface area contributed by atoms with E-state index in [1.807, 2.05) is 0 Å². The monoisotopic (exact) mass is 238 g/mol. The number of carbonyl (C=O) groups is 1. The Morgan fingerprint density at radius 1 is 1.56 bits per heavy atom. The molecule has 0 fully saturated rings. The molecule has 3 nitrogen and oxygen atoms in total. The molecule has 0 saturated heterocycles. The van der Waals surface area contributed by atoms with Gasteiger partial charge in [-0.15, -0.1) is 11.6 Å². The van der Waals surface area contributed by atoms with E-state index in [9.17, 15) is 9.90 Å². The van der Waals surface area contributed by atoms with E-state index in [0.29, 0.717) is 29.7 Å². The fourth-order valence-corrected chi connectivity index (χ4v) is 1.25. The Bertz CT molecular complexity index is 444. The molecule has 0 aliphatic carbocycles. The maximum absolute atomic E-state index is 10.7. The fourth-order valence-electron chi connectivity index (χ4n) is 1.15. The van der Waals surface area contributed by atoms with Gasteiger partial charge in [-0.1, -0.05) is 11.8 Å². The Balaban J connectivity index is 3.17. The molecular formula is C12H11ClO3. The molecule has 0 amide bonds. The maximum atomic E-state index is 10.7. The first kappa shape index (κ1) is 12.4. The van der Waals surface area contributed by atoms with Gasteiger partial charge in [0.25, 0.3) is 0 Å². The predicted molar refractivity (Wildman–Crippen MR) is 62.3 cm³/mol. The van der Waals surface area contributed by atoms with Gasteiger partial charge < -0.3 is 9.84 Å². The van der Waals surface area contributed by atoms with Crippen molar-refractivity contribution >= 4 is 17.9 Å². The predicted octanol–water partition coefficient (Wildman–Crippen LogP) is 2.19. The molecule has 1 aromatic carbocycles. The molecule has 0 radical (unpaired) electrons. The molecule has 0 spiro atoms. The van der Waals surface area contributed by atoms with Crippen LogP contribution in [0.5, 0.6) is 11.5 Å². The van der Waals surface area contributed by atoms with Crippen molar-refractivity contribution in [3.63, 3.8) is 0 Å². The molecule has 0 heterocycles. The number of aromatic hydroxyl groups is 1. The summed E-state index contributed by atoms with van der Waals surface area (Å²) in [5, 5.41) is 9.73. The average molecular weight is 239 g/mol. The highest BCUT2D eigenvalue weighted by Gasteiger charge is 2.08. The van der Waals surface area contributed by atoms with Crippen molar-refractivity contribution in [2.24, 2.45) is 0 Å². The first-order valence-electron chi connectivity index (χ1n) is 4.64. The van der Waals surface area contributed by atoms with Gasteiger partial charge in [0.05, 0.1) is 12.7 Å². The lowest BCUT2D eigenvalue weighted by Crippen LogP contribution is -1.90. The van der Waals surface area contributed by atoms with Crippen molar-refractivity contribution < 1.29 is 14.6 Å². The van der Waals surface area contributed by atoms with E-state index in [2.05, 4.69) is 11.8 Å². The van der Waals surface area contributed by atoms with Crippen molar-refractivity contribution in [1.82, 2.24) is 0 Å². The molecule has 0 aromatic heterocycles. The minimum absolute atomic E-state index is 0.0600. The summed E-state index contributed by atoms with van der Waals surface area (Å²) in [7, 11) is 1.42. The van der Waals surface area contributed by atoms with Gasteiger partial charge in [0, 0.05) is 17.9 Å². The van der Waals surface area contributed by atoms with E-state index >= 15 is 0 Å². The third kappa shape index (κ3) is 2.91. The zero-order valence-electron chi connectivity index (χ0n) is 8.79. The number of alkyl halides is 1. The van der Waals surface area contributed by atoms with Crippen LogP contribution in [-0.4, -0.2) is 24.4 Å². The highest BCUT2D eigenvalue weighted by atomic mass is 35.5. The normalized spacial score (nSPS) is 9.12. The lowest BCUT2D eigenvalue weighted by atomic mass is 10.1. The second kappa shape index (κ2) is 6.04.